The maximum absolute atomic E-state index is 13.7. The lowest BCUT2D eigenvalue weighted by atomic mass is 9.85. The second kappa shape index (κ2) is 9.31. The molecule has 0 aliphatic carbocycles. The molecule has 35 heavy (non-hydrogen) atoms. The lowest BCUT2D eigenvalue weighted by molar-refractivity contribution is 0.0293. The summed E-state index contributed by atoms with van der Waals surface area (Å²) in [6.45, 7) is 3.87. The topological polar surface area (TPSA) is 23.6 Å². The van der Waals surface area contributed by atoms with Crippen LogP contribution in [0.25, 0.3) is 21.9 Å². The summed E-state index contributed by atoms with van der Waals surface area (Å²) in [5.74, 6) is 0.190. The van der Waals surface area contributed by atoms with Gasteiger partial charge in [0.1, 0.15) is 0 Å². The third kappa shape index (κ3) is 4.37. The van der Waals surface area contributed by atoms with Gasteiger partial charge in [-0.3, -0.25) is 9.69 Å². The van der Waals surface area contributed by atoms with E-state index in [4.69, 9.17) is 0 Å². The molecule has 1 atom stereocenters. The third-order valence-corrected chi connectivity index (χ3v) is 7.94. The van der Waals surface area contributed by atoms with Gasteiger partial charge in [0, 0.05) is 25.2 Å². The Morgan fingerprint density at radius 2 is 1.40 bits per heavy atom. The number of amides is 1. The van der Waals surface area contributed by atoms with Gasteiger partial charge in [0.05, 0.1) is 5.54 Å². The van der Waals surface area contributed by atoms with Crippen molar-refractivity contribution in [3.05, 3.63) is 108 Å². The molecule has 0 saturated carbocycles. The molecule has 0 radical (unpaired) electrons. The Hall–Kier alpha value is -3.43. The first-order valence-electron chi connectivity index (χ1n) is 12.9. The largest absolute Gasteiger partial charge is 0.332 e. The second-order valence-corrected chi connectivity index (χ2v) is 10.2. The van der Waals surface area contributed by atoms with Gasteiger partial charge in [0.15, 0.2) is 0 Å². The highest BCUT2D eigenvalue weighted by Gasteiger charge is 2.46. The monoisotopic (exact) mass is 460 g/mol. The Balaban J connectivity index is 1.19. The van der Waals surface area contributed by atoms with Crippen LogP contribution in [-0.2, 0) is 6.54 Å². The minimum atomic E-state index is -0.0374. The molecule has 2 fully saturated rings. The Morgan fingerprint density at radius 1 is 0.714 bits per heavy atom. The summed E-state index contributed by atoms with van der Waals surface area (Å²) in [4.78, 5) is 18.5. The molecule has 1 unspecified atom stereocenters. The first-order chi connectivity index (χ1) is 17.2. The molecule has 176 valence electrons. The summed E-state index contributed by atoms with van der Waals surface area (Å²) in [5, 5.41) is 2.59. The van der Waals surface area contributed by atoms with Crippen LogP contribution >= 0.6 is 0 Å². The molecule has 2 heterocycles. The molecule has 2 aliphatic rings. The summed E-state index contributed by atoms with van der Waals surface area (Å²) in [6.07, 6.45) is 4.45. The minimum Gasteiger partial charge on any atom is -0.332 e. The molecular weight excluding hydrogens is 428 g/mol. The van der Waals surface area contributed by atoms with Crippen LogP contribution < -0.4 is 0 Å². The summed E-state index contributed by atoms with van der Waals surface area (Å²) in [5.41, 5.74) is 4.45. The van der Waals surface area contributed by atoms with Crippen LogP contribution in [0, 0.1) is 0 Å². The van der Waals surface area contributed by atoms with Crippen molar-refractivity contribution in [3.63, 3.8) is 0 Å². The van der Waals surface area contributed by atoms with Crippen LogP contribution in [0.3, 0.4) is 0 Å². The number of rotatable bonds is 4. The van der Waals surface area contributed by atoms with E-state index < -0.39 is 0 Å². The Labute approximate surface area is 208 Å². The lowest BCUT2D eigenvalue weighted by Crippen LogP contribution is -2.57. The highest BCUT2D eigenvalue weighted by molar-refractivity contribution is 5.95. The fraction of sp³-hybridized carbons (Fsp3) is 0.281. The predicted octanol–water partition coefficient (Wildman–Crippen LogP) is 6.78. The Kier molecular flexibility index (Phi) is 5.87. The van der Waals surface area contributed by atoms with Gasteiger partial charge in [0.2, 0.25) is 0 Å². The van der Waals surface area contributed by atoms with Crippen molar-refractivity contribution in [1.82, 2.24) is 9.80 Å². The molecule has 3 heteroatoms. The number of fused-ring (bicyclic) bond motifs is 1. The van der Waals surface area contributed by atoms with E-state index in [1.807, 2.05) is 18.2 Å². The fourth-order valence-electron chi connectivity index (χ4n) is 6.21. The van der Waals surface area contributed by atoms with Crippen LogP contribution in [0.15, 0.2) is 97.1 Å². The van der Waals surface area contributed by atoms with Crippen molar-refractivity contribution >= 4 is 16.7 Å². The van der Waals surface area contributed by atoms with Gasteiger partial charge in [-0.15, -0.1) is 0 Å². The summed E-state index contributed by atoms with van der Waals surface area (Å²) in [6, 6.07) is 33.9. The standard InChI is InChI=1S/C32H32N2O/c35-31(29-16-14-28(15-17-29)26-8-2-1-3-9-26)34-21-7-19-32(34)18-6-20-33(24-32)23-25-12-13-27-10-4-5-11-30(27)22-25/h1-5,8-17,22H,6-7,18-21,23-24H2. The molecule has 1 amide bonds. The van der Waals surface area contributed by atoms with E-state index in [2.05, 4.69) is 88.7 Å². The van der Waals surface area contributed by atoms with Crippen LogP contribution in [-0.4, -0.2) is 40.9 Å². The predicted molar refractivity (Wildman–Crippen MR) is 143 cm³/mol. The number of hydrogen-bond donors (Lipinski definition) is 0. The van der Waals surface area contributed by atoms with Gasteiger partial charge in [-0.25, -0.2) is 0 Å². The highest BCUT2D eigenvalue weighted by atomic mass is 16.2. The number of carbonyl (C=O) groups is 1. The number of nitrogens with zero attached hydrogens (tertiary/aromatic N) is 2. The number of hydrogen-bond acceptors (Lipinski definition) is 2. The van der Waals surface area contributed by atoms with Gasteiger partial charge in [-0.05, 0) is 77.9 Å². The first kappa shape index (κ1) is 22.1. The highest BCUT2D eigenvalue weighted by Crippen LogP contribution is 2.39. The molecule has 0 N–H and O–H groups in total. The van der Waals surface area contributed by atoms with Crippen molar-refractivity contribution < 1.29 is 4.79 Å². The van der Waals surface area contributed by atoms with E-state index in [0.717, 1.165) is 63.0 Å². The number of likely N-dealkylation sites (tertiary alicyclic amines) is 2. The van der Waals surface area contributed by atoms with E-state index in [0.29, 0.717) is 0 Å². The van der Waals surface area contributed by atoms with Crippen molar-refractivity contribution in [1.29, 1.82) is 0 Å². The average Bonchev–Trinajstić information content (AvgIpc) is 3.31. The molecule has 4 aromatic carbocycles. The zero-order valence-electron chi connectivity index (χ0n) is 20.2. The van der Waals surface area contributed by atoms with E-state index in [1.54, 1.807) is 0 Å². The molecular formula is C32H32N2O. The SMILES string of the molecule is O=C(c1ccc(-c2ccccc2)cc1)N1CCCC12CCCN(Cc1ccc3ccccc3c1)C2. The van der Waals surface area contributed by atoms with Crippen molar-refractivity contribution in [2.75, 3.05) is 19.6 Å². The van der Waals surface area contributed by atoms with Crippen molar-refractivity contribution in [3.8, 4) is 11.1 Å². The van der Waals surface area contributed by atoms with E-state index in [9.17, 15) is 4.79 Å². The molecule has 0 bridgehead atoms. The number of carbonyl (C=O) groups excluding carboxylic acids is 1. The quantitative estimate of drug-likeness (QED) is 0.335. The van der Waals surface area contributed by atoms with Gasteiger partial charge in [-0.1, -0.05) is 78.9 Å². The van der Waals surface area contributed by atoms with Crippen LogP contribution in [0.1, 0.15) is 41.6 Å². The normalized spacial score (nSPS) is 20.5. The van der Waals surface area contributed by atoms with Crippen molar-refractivity contribution in [2.45, 2.75) is 37.8 Å². The molecule has 1 spiro atoms. The minimum absolute atomic E-state index is 0.0374. The molecule has 4 aromatic rings. The van der Waals surface area contributed by atoms with Gasteiger partial charge < -0.3 is 4.90 Å². The smallest absolute Gasteiger partial charge is 0.254 e. The second-order valence-electron chi connectivity index (χ2n) is 10.2. The number of piperidine rings is 1. The van der Waals surface area contributed by atoms with Gasteiger partial charge >= 0.3 is 0 Å². The fourth-order valence-corrected chi connectivity index (χ4v) is 6.21. The average molecular weight is 461 g/mol. The summed E-state index contributed by atoms with van der Waals surface area (Å²) in [7, 11) is 0. The molecule has 2 saturated heterocycles. The molecule has 3 nitrogen and oxygen atoms in total. The van der Waals surface area contributed by atoms with Gasteiger partial charge in [-0.2, -0.15) is 0 Å². The Morgan fingerprint density at radius 3 is 2.20 bits per heavy atom. The van der Waals surface area contributed by atoms with Crippen LogP contribution in [0.5, 0.6) is 0 Å². The summed E-state index contributed by atoms with van der Waals surface area (Å²) < 4.78 is 0. The summed E-state index contributed by atoms with van der Waals surface area (Å²) >= 11 is 0. The van der Waals surface area contributed by atoms with E-state index >= 15 is 0 Å². The number of benzene rings is 4. The molecule has 0 aromatic heterocycles. The zero-order chi connectivity index (χ0) is 23.7. The lowest BCUT2D eigenvalue weighted by Gasteiger charge is -2.46. The maximum Gasteiger partial charge on any atom is 0.254 e. The third-order valence-electron chi connectivity index (χ3n) is 7.94. The van der Waals surface area contributed by atoms with Crippen LogP contribution in [0.4, 0.5) is 0 Å². The van der Waals surface area contributed by atoms with E-state index in [1.165, 1.54) is 21.9 Å². The maximum atomic E-state index is 13.7. The first-order valence-corrected chi connectivity index (χ1v) is 12.9. The van der Waals surface area contributed by atoms with E-state index in [-0.39, 0.29) is 11.4 Å². The van der Waals surface area contributed by atoms with Gasteiger partial charge in [0.25, 0.3) is 5.91 Å². The Bertz CT molecular complexity index is 1330. The molecule has 6 rings (SSSR count). The zero-order valence-corrected chi connectivity index (χ0v) is 20.2. The van der Waals surface area contributed by atoms with Crippen molar-refractivity contribution in [2.24, 2.45) is 0 Å². The molecule has 2 aliphatic heterocycles. The van der Waals surface area contributed by atoms with Crippen LogP contribution in [0.2, 0.25) is 0 Å².